The molecule has 1 saturated heterocycles. The van der Waals surface area contributed by atoms with Crippen molar-refractivity contribution >= 4 is 11.6 Å². The Balaban J connectivity index is 1.66. The fourth-order valence-corrected chi connectivity index (χ4v) is 3.03. The minimum atomic E-state index is -0.152. The van der Waals surface area contributed by atoms with Crippen molar-refractivity contribution in [2.75, 3.05) is 11.4 Å². The zero-order chi connectivity index (χ0) is 17.1. The summed E-state index contributed by atoms with van der Waals surface area (Å²) in [6, 6.07) is 3.99. The van der Waals surface area contributed by atoms with Gasteiger partial charge in [0.15, 0.2) is 0 Å². The van der Waals surface area contributed by atoms with E-state index in [0.717, 1.165) is 36.3 Å². The number of nitrogens with one attached hydrogen (secondary N) is 1. The second-order valence-electron chi connectivity index (χ2n) is 6.59. The van der Waals surface area contributed by atoms with Gasteiger partial charge in [0.2, 0.25) is 5.91 Å². The maximum Gasteiger partial charge on any atom is 0.244 e. The Morgan fingerprint density at radius 2 is 2.25 bits per heavy atom. The highest BCUT2D eigenvalue weighted by atomic mass is 16.2. The molecule has 0 bridgehead atoms. The molecule has 0 aromatic carbocycles. The first-order valence-corrected chi connectivity index (χ1v) is 8.55. The number of carbonyl (C=O) groups is 1. The molecule has 1 unspecified atom stereocenters. The summed E-state index contributed by atoms with van der Waals surface area (Å²) >= 11 is 0. The van der Waals surface area contributed by atoms with E-state index in [1.165, 1.54) is 0 Å². The predicted molar refractivity (Wildman–Crippen MR) is 93.8 cm³/mol. The van der Waals surface area contributed by atoms with E-state index in [-0.39, 0.29) is 11.9 Å². The molecule has 2 aromatic heterocycles. The van der Waals surface area contributed by atoms with Crippen LogP contribution in [-0.4, -0.2) is 33.3 Å². The lowest BCUT2D eigenvalue weighted by Crippen LogP contribution is -2.50. The molecule has 128 valence electrons. The highest BCUT2D eigenvalue weighted by molar-refractivity contribution is 5.97. The lowest BCUT2D eigenvalue weighted by Gasteiger charge is -2.32. The molecule has 1 aliphatic heterocycles. The molecule has 1 fully saturated rings. The van der Waals surface area contributed by atoms with Crippen LogP contribution in [0.15, 0.2) is 30.7 Å². The lowest BCUT2D eigenvalue weighted by atomic mass is 10.0. The van der Waals surface area contributed by atoms with Crippen LogP contribution >= 0.6 is 0 Å². The van der Waals surface area contributed by atoms with Crippen molar-refractivity contribution in [1.29, 1.82) is 0 Å². The molecule has 0 spiro atoms. The number of rotatable bonds is 5. The normalized spacial score (nSPS) is 18.4. The van der Waals surface area contributed by atoms with Gasteiger partial charge in [0.1, 0.15) is 0 Å². The largest absolute Gasteiger partial charge is 0.310 e. The van der Waals surface area contributed by atoms with Crippen LogP contribution < -0.4 is 10.2 Å². The maximum absolute atomic E-state index is 12.8. The van der Waals surface area contributed by atoms with Gasteiger partial charge in [-0.25, -0.2) is 0 Å². The second-order valence-corrected chi connectivity index (χ2v) is 6.59. The topological polar surface area (TPSA) is 63.1 Å². The Morgan fingerprint density at radius 3 is 2.92 bits per heavy atom. The average molecular weight is 327 g/mol. The van der Waals surface area contributed by atoms with Crippen LogP contribution in [0.3, 0.4) is 0 Å². The molecule has 6 nitrogen and oxygen atoms in total. The number of hydrogen-bond donors (Lipinski definition) is 1. The number of aromatic nitrogens is 3. The molecule has 0 aliphatic carbocycles. The van der Waals surface area contributed by atoms with Gasteiger partial charge in [-0.15, -0.1) is 0 Å². The molecule has 1 amide bonds. The Morgan fingerprint density at radius 1 is 1.42 bits per heavy atom. The molecule has 1 aliphatic rings. The first-order valence-electron chi connectivity index (χ1n) is 8.55. The van der Waals surface area contributed by atoms with Crippen molar-refractivity contribution in [3.05, 3.63) is 42.0 Å². The van der Waals surface area contributed by atoms with Crippen molar-refractivity contribution in [3.8, 4) is 0 Å². The minimum absolute atomic E-state index is 0.128. The van der Waals surface area contributed by atoms with Crippen molar-refractivity contribution in [3.63, 3.8) is 0 Å². The Kier molecular flexibility index (Phi) is 4.94. The molecule has 0 radical (unpaired) electrons. The van der Waals surface area contributed by atoms with E-state index in [9.17, 15) is 4.79 Å². The Labute approximate surface area is 142 Å². The van der Waals surface area contributed by atoms with Crippen molar-refractivity contribution in [2.45, 2.75) is 52.2 Å². The third-order valence-electron chi connectivity index (χ3n) is 4.48. The fourth-order valence-electron chi connectivity index (χ4n) is 3.03. The smallest absolute Gasteiger partial charge is 0.244 e. The number of anilines is 1. The Bertz CT molecular complexity index is 695. The standard InChI is InChI=1S/C18H25N5O/c1-13(2)23-12-15(14(3)21-23)10-20-17-7-5-9-22(18(17)24)16-6-4-8-19-11-16/h4,6,8,11-13,17,20H,5,7,9-10H2,1-3H3. The van der Waals surface area contributed by atoms with E-state index in [1.807, 2.05) is 28.6 Å². The second kappa shape index (κ2) is 7.13. The van der Waals surface area contributed by atoms with Gasteiger partial charge in [-0.3, -0.25) is 14.5 Å². The summed E-state index contributed by atoms with van der Waals surface area (Å²) in [6.07, 6.45) is 7.40. The average Bonchev–Trinajstić information content (AvgIpc) is 2.96. The Hall–Kier alpha value is -2.21. The molecular weight excluding hydrogens is 302 g/mol. The number of carbonyl (C=O) groups excluding carboxylic acids is 1. The third-order valence-corrected chi connectivity index (χ3v) is 4.48. The number of pyridine rings is 1. The SMILES string of the molecule is Cc1nn(C(C)C)cc1CNC1CCCN(c2cccnc2)C1=O. The van der Waals surface area contributed by atoms with Gasteiger partial charge in [0, 0.05) is 37.1 Å². The molecule has 1 N–H and O–H groups in total. The monoisotopic (exact) mass is 327 g/mol. The van der Waals surface area contributed by atoms with Crippen LogP contribution in [0.1, 0.15) is 44.0 Å². The molecule has 3 heterocycles. The van der Waals surface area contributed by atoms with Crippen LogP contribution in [0.25, 0.3) is 0 Å². The minimum Gasteiger partial charge on any atom is -0.310 e. The lowest BCUT2D eigenvalue weighted by molar-refractivity contribution is -0.121. The molecule has 6 heteroatoms. The summed E-state index contributed by atoms with van der Waals surface area (Å²) in [5, 5.41) is 7.94. The van der Waals surface area contributed by atoms with Crippen LogP contribution in [0.2, 0.25) is 0 Å². The number of nitrogens with zero attached hydrogens (tertiary/aromatic N) is 4. The summed E-state index contributed by atoms with van der Waals surface area (Å²) < 4.78 is 1.97. The molecule has 24 heavy (non-hydrogen) atoms. The van der Waals surface area contributed by atoms with Gasteiger partial charge in [0.25, 0.3) is 0 Å². The first-order chi connectivity index (χ1) is 11.6. The van der Waals surface area contributed by atoms with Crippen LogP contribution in [0.4, 0.5) is 5.69 Å². The van der Waals surface area contributed by atoms with Crippen LogP contribution in [0.5, 0.6) is 0 Å². The van der Waals surface area contributed by atoms with E-state index < -0.39 is 0 Å². The molecule has 2 aromatic rings. The predicted octanol–water partition coefficient (Wildman–Crippen LogP) is 2.45. The van der Waals surface area contributed by atoms with Crippen molar-refractivity contribution in [2.24, 2.45) is 0 Å². The number of amides is 1. The van der Waals surface area contributed by atoms with Gasteiger partial charge in [-0.05, 0) is 45.7 Å². The van der Waals surface area contributed by atoms with Gasteiger partial charge in [0.05, 0.1) is 23.6 Å². The highest BCUT2D eigenvalue weighted by Gasteiger charge is 2.29. The van der Waals surface area contributed by atoms with E-state index in [1.54, 1.807) is 12.4 Å². The van der Waals surface area contributed by atoms with Gasteiger partial charge < -0.3 is 10.2 Å². The molecule has 3 rings (SSSR count). The fraction of sp³-hybridized carbons (Fsp3) is 0.500. The number of hydrogen-bond acceptors (Lipinski definition) is 4. The van der Waals surface area contributed by atoms with Crippen LogP contribution in [0, 0.1) is 6.92 Å². The van der Waals surface area contributed by atoms with Gasteiger partial charge >= 0.3 is 0 Å². The summed E-state index contributed by atoms with van der Waals surface area (Å²) in [6.45, 7) is 7.66. The van der Waals surface area contributed by atoms with E-state index in [4.69, 9.17) is 0 Å². The molecule has 0 saturated carbocycles. The van der Waals surface area contributed by atoms with Crippen LogP contribution in [-0.2, 0) is 11.3 Å². The van der Waals surface area contributed by atoms with Gasteiger partial charge in [-0.2, -0.15) is 5.10 Å². The van der Waals surface area contributed by atoms with E-state index in [2.05, 4.69) is 35.4 Å². The summed E-state index contributed by atoms with van der Waals surface area (Å²) in [5.74, 6) is 0.128. The van der Waals surface area contributed by atoms with E-state index >= 15 is 0 Å². The first kappa shape index (κ1) is 16.6. The van der Waals surface area contributed by atoms with Crippen molar-refractivity contribution < 1.29 is 4.79 Å². The van der Waals surface area contributed by atoms with Gasteiger partial charge in [-0.1, -0.05) is 0 Å². The zero-order valence-corrected chi connectivity index (χ0v) is 14.6. The quantitative estimate of drug-likeness (QED) is 0.916. The molecule has 1 atom stereocenters. The zero-order valence-electron chi connectivity index (χ0n) is 14.6. The summed E-state index contributed by atoms with van der Waals surface area (Å²) in [5.41, 5.74) is 3.04. The molecular formula is C18H25N5O. The number of piperidine rings is 1. The summed E-state index contributed by atoms with van der Waals surface area (Å²) in [4.78, 5) is 18.7. The number of aryl methyl sites for hydroxylation is 1. The third kappa shape index (κ3) is 3.48. The summed E-state index contributed by atoms with van der Waals surface area (Å²) in [7, 11) is 0. The highest BCUT2D eigenvalue weighted by Crippen LogP contribution is 2.20. The van der Waals surface area contributed by atoms with E-state index in [0.29, 0.717) is 12.6 Å². The maximum atomic E-state index is 12.8. The van der Waals surface area contributed by atoms with Crippen molar-refractivity contribution in [1.82, 2.24) is 20.1 Å².